The summed E-state index contributed by atoms with van der Waals surface area (Å²) in [7, 11) is 0. The maximum atomic E-state index is 11.9. The molecule has 3 N–H and O–H groups in total. The Morgan fingerprint density at radius 1 is 1.14 bits per heavy atom. The summed E-state index contributed by atoms with van der Waals surface area (Å²) in [4.78, 5) is 44.5. The Labute approximate surface area is 127 Å². The molecule has 0 atom stereocenters. The molecule has 0 bridgehead atoms. The van der Waals surface area contributed by atoms with E-state index in [1.807, 2.05) is 0 Å². The molecule has 0 saturated carbocycles. The summed E-state index contributed by atoms with van der Waals surface area (Å²) in [5.74, 6) is 0.437. The zero-order valence-corrected chi connectivity index (χ0v) is 12.4. The number of rotatable bonds is 6. The van der Waals surface area contributed by atoms with Gasteiger partial charge in [0.15, 0.2) is 0 Å². The van der Waals surface area contributed by atoms with Crippen LogP contribution in [0.15, 0.2) is 30.0 Å². The quantitative estimate of drug-likeness (QED) is 0.638. The maximum Gasteiger partial charge on any atom is 0.251 e. The molecule has 22 heavy (non-hydrogen) atoms. The van der Waals surface area contributed by atoms with Crippen molar-refractivity contribution in [3.63, 3.8) is 0 Å². The molecule has 7 nitrogen and oxygen atoms in total. The van der Waals surface area contributed by atoms with Gasteiger partial charge in [-0.15, -0.1) is 0 Å². The Kier molecular flexibility index (Phi) is 6.53. The molecular weight excluding hydrogens is 286 g/mol. The van der Waals surface area contributed by atoms with E-state index in [0.29, 0.717) is 12.1 Å². The highest BCUT2D eigenvalue weighted by Gasteiger charge is 2.09. The van der Waals surface area contributed by atoms with Gasteiger partial charge in [0.25, 0.3) is 5.91 Å². The minimum absolute atomic E-state index is 0.0524. The van der Waals surface area contributed by atoms with Crippen LogP contribution in [0.4, 0.5) is 0 Å². The number of carbonyl (C=O) groups excluding carboxylic acids is 4. The van der Waals surface area contributed by atoms with E-state index in [1.54, 1.807) is 24.3 Å². The second kappa shape index (κ2) is 8.39. The fourth-order valence-corrected chi connectivity index (χ4v) is 1.59. The van der Waals surface area contributed by atoms with Crippen LogP contribution in [0.25, 0.3) is 0 Å². The van der Waals surface area contributed by atoms with E-state index in [1.165, 1.54) is 19.8 Å². The van der Waals surface area contributed by atoms with Crippen molar-refractivity contribution < 1.29 is 19.2 Å². The highest BCUT2D eigenvalue weighted by atomic mass is 16.2. The summed E-state index contributed by atoms with van der Waals surface area (Å²) in [5, 5.41) is 7.34. The van der Waals surface area contributed by atoms with Gasteiger partial charge in [0.05, 0.1) is 12.2 Å². The van der Waals surface area contributed by atoms with Crippen LogP contribution in [0, 0.1) is 0 Å². The molecule has 0 aliphatic carbocycles. The molecule has 0 aliphatic rings. The summed E-state index contributed by atoms with van der Waals surface area (Å²) in [6, 6.07) is 6.68. The molecule has 116 valence electrons. The normalized spacial score (nSPS) is 9.36. The SMILES string of the molecule is CC(=O)NCc1cccc(C(=O)NCC(=O)NC(C)=C=O)c1. The third-order valence-corrected chi connectivity index (χ3v) is 2.62. The van der Waals surface area contributed by atoms with E-state index in [9.17, 15) is 19.2 Å². The first kappa shape index (κ1) is 17.1. The van der Waals surface area contributed by atoms with Crippen molar-refractivity contribution in [3.8, 4) is 0 Å². The number of carbonyl (C=O) groups is 3. The molecule has 0 unspecified atom stereocenters. The van der Waals surface area contributed by atoms with Gasteiger partial charge in [-0.1, -0.05) is 12.1 Å². The van der Waals surface area contributed by atoms with Crippen molar-refractivity contribution in [2.45, 2.75) is 20.4 Å². The van der Waals surface area contributed by atoms with Gasteiger partial charge in [-0.2, -0.15) is 0 Å². The van der Waals surface area contributed by atoms with Crippen molar-refractivity contribution in [1.82, 2.24) is 16.0 Å². The van der Waals surface area contributed by atoms with E-state index >= 15 is 0 Å². The van der Waals surface area contributed by atoms with Crippen LogP contribution in [0.1, 0.15) is 29.8 Å². The number of allylic oxidation sites excluding steroid dienone is 1. The predicted molar refractivity (Wildman–Crippen MR) is 79.3 cm³/mol. The van der Waals surface area contributed by atoms with E-state index in [4.69, 9.17) is 0 Å². The van der Waals surface area contributed by atoms with Crippen LogP contribution in [0.5, 0.6) is 0 Å². The van der Waals surface area contributed by atoms with Crippen LogP contribution in [-0.2, 0) is 20.9 Å². The summed E-state index contributed by atoms with van der Waals surface area (Å²) < 4.78 is 0. The third kappa shape index (κ3) is 6.02. The van der Waals surface area contributed by atoms with E-state index in [2.05, 4.69) is 16.0 Å². The average Bonchev–Trinajstić information content (AvgIpc) is 2.50. The zero-order valence-electron chi connectivity index (χ0n) is 12.4. The van der Waals surface area contributed by atoms with Gasteiger partial charge in [0.2, 0.25) is 11.8 Å². The highest BCUT2D eigenvalue weighted by Crippen LogP contribution is 2.05. The first-order valence-corrected chi connectivity index (χ1v) is 6.55. The van der Waals surface area contributed by atoms with Crippen molar-refractivity contribution >= 4 is 23.7 Å². The van der Waals surface area contributed by atoms with E-state index < -0.39 is 11.8 Å². The summed E-state index contributed by atoms with van der Waals surface area (Å²) in [5.41, 5.74) is 1.20. The molecule has 3 amide bonds. The van der Waals surface area contributed by atoms with Crippen molar-refractivity contribution in [3.05, 3.63) is 41.1 Å². The maximum absolute atomic E-state index is 11.9. The molecule has 0 radical (unpaired) electrons. The molecule has 0 aromatic heterocycles. The lowest BCUT2D eigenvalue weighted by molar-refractivity contribution is -0.120. The van der Waals surface area contributed by atoms with Gasteiger partial charge in [0, 0.05) is 19.0 Å². The predicted octanol–water partition coefficient (Wildman–Crippen LogP) is -0.0959. The number of hydrogen-bond donors (Lipinski definition) is 3. The number of nitrogens with one attached hydrogen (secondary N) is 3. The molecule has 7 heteroatoms. The Balaban J connectivity index is 2.58. The topological polar surface area (TPSA) is 104 Å². The van der Waals surface area contributed by atoms with Crippen LogP contribution in [0.3, 0.4) is 0 Å². The van der Waals surface area contributed by atoms with Crippen molar-refractivity contribution in [1.29, 1.82) is 0 Å². The lowest BCUT2D eigenvalue weighted by Crippen LogP contribution is -2.36. The molecule has 0 spiro atoms. The Morgan fingerprint density at radius 2 is 1.86 bits per heavy atom. The zero-order chi connectivity index (χ0) is 16.5. The van der Waals surface area contributed by atoms with Crippen LogP contribution < -0.4 is 16.0 Å². The molecule has 1 aromatic carbocycles. The molecular formula is C15H17N3O4. The molecule has 0 aliphatic heterocycles. The third-order valence-electron chi connectivity index (χ3n) is 2.62. The minimum Gasteiger partial charge on any atom is -0.352 e. The van der Waals surface area contributed by atoms with Gasteiger partial charge in [-0.05, 0) is 24.6 Å². The molecule has 0 saturated heterocycles. The number of benzene rings is 1. The van der Waals surface area contributed by atoms with Gasteiger partial charge >= 0.3 is 0 Å². The lowest BCUT2D eigenvalue weighted by Gasteiger charge is -2.07. The summed E-state index contributed by atoms with van der Waals surface area (Å²) in [6.45, 7) is 2.87. The van der Waals surface area contributed by atoms with Crippen molar-refractivity contribution in [2.24, 2.45) is 0 Å². The van der Waals surface area contributed by atoms with Crippen molar-refractivity contribution in [2.75, 3.05) is 6.54 Å². The average molecular weight is 303 g/mol. The van der Waals surface area contributed by atoms with Crippen LogP contribution in [0.2, 0.25) is 0 Å². The summed E-state index contributed by atoms with van der Waals surface area (Å²) in [6.07, 6.45) is 0. The molecule has 1 aromatic rings. The Morgan fingerprint density at radius 3 is 2.50 bits per heavy atom. The van der Waals surface area contributed by atoms with E-state index in [0.717, 1.165) is 5.56 Å². The monoisotopic (exact) mass is 303 g/mol. The first-order chi connectivity index (χ1) is 10.4. The number of amides is 3. The molecule has 0 fully saturated rings. The lowest BCUT2D eigenvalue weighted by atomic mass is 10.1. The highest BCUT2D eigenvalue weighted by molar-refractivity contribution is 5.96. The van der Waals surface area contributed by atoms with Crippen LogP contribution >= 0.6 is 0 Å². The number of hydrogen-bond acceptors (Lipinski definition) is 4. The van der Waals surface area contributed by atoms with Gasteiger partial charge in [0.1, 0.15) is 5.94 Å². The minimum atomic E-state index is -0.511. The summed E-state index contributed by atoms with van der Waals surface area (Å²) >= 11 is 0. The Hall–Kier alpha value is -2.92. The van der Waals surface area contributed by atoms with E-state index in [-0.39, 0.29) is 18.1 Å². The fraction of sp³-hybridized carbons (Fsp3) is 0.267. The van der Waals surface area contributed by atoms with Gasteiger partial charge in [-0.25, -0.2) is 4.79 Å². The Bertz CT molecular complexity index is 633. The molecule has 1 rings (SSSR count). The fourth-order valence-electron chi connectivity index (χ4n) is 1.59. The second-order valence-corrected chi connectivity index (χ2v) is 4.57. The first-order valence-electron chi connectivity index (χ1n) is 6.55. The molecule has 0 heterocycles. The van der Waals surface area contributed by atoms with Crippen LogP contribution in [-0.4, -0.2) is 30.2 Å². The standard InChI is InChI=1S/C15H17N3O4/c1-10(9-19)18-14(21)8-17-15(22)13-5-3-4-12(6-13)7-16-11(2)20/h3-6H,7-8H2,1-2H3,(H,16,20)(H,17,22)(H,18,21). The smallest absolute Gasteiger partial charge is 0.251 e. The van der Waals surface area contributed by atoms with Gasteiger partial charge in [-0.3, -0.25) is 14.4 Å². The van der Waals surface area contributed by atoms with Gasteiger partial charge < -0.3 is 16.0 Å². The second-order valence-electron chi connectivity index (χ2n) is 4.57. The largest absolute Gasteiger partial charge is 0.352 e.